The number of oxime groups is 1. The summed E-state index contributed by atoms with van der Waals surface area (Å²) in [6.45, 7) is 12.2. The van der Waals surface area contributed by atoms with Crippen molar-refractivity contribution in [2.24, 2.45) is 5.16 Å². The monoisotopic (exact) mass is 439 g/mol. The van der Waals surface area contributed by atoms with E-state index in [0.29, 0.717) is 6.61 Å². The first-order valence-corrected chi connectivity index (χ1v) is 10.6. The molecule has 3 rings (SSSR count). The highest BCUT2D eigenvalue weighted by atomic mass is 16.6. The largest absolute Gasteiger partial charge is 0.489 e. The highest BCUT2D eigenvalue weighted by Crippen LogP contribution is 2.29. The standard InChI is InChI=1S/C24H33N5O3/c1-16-10-9-11-21(29-23(30)27(7)26-28(29)8)20(16)15-31-22-13-12-19(14-17(22)2)18(3)25-32-24(4,5)6/h9-14,26H,15H2,1-8H3/b25-18+. The molecule has 32 heavy (non-hydrogen) atoms. The predicted molar refractivity (Wildman–Crippen MR) is 126 cm³/mol. The Morgan fingerprint density at radius 3 is 2.41 bits per heavy atom. The van der Waals surface area contributed by atoms with E-state index in [9.17, 15) is 4.79 Å². The van der Waals surface area contributed by atoms with Gasteiger partial charge in [-0.2, -0.15) is 0 Å². The van der Waals surface area contributed by atoms with Crippen LogP contribution in [0.5, 0.6) is 5.75 Å². The van der Waals surface area contributed by atoms with Gasteiger partial charge in [-0.05, 0) is 82.5 Å². The summed E-state index contributed by atoms with van der Waals surface area (Å²) in [5.74, 6) is 0.781. The van der Waals surface area contributed by atoms with Crippen molar-refractivity contribution in [3.63, 3.8) is 0 Å². The van der Waals surface area contributed by atoms with Gasteiger partial charge in [-0.15, -0.1) is 10.7 Å². The van der Waals surface area contributed by atoms with Crippen LogP contribution in [0, 0.1) is 13.8 Å². The van der Waals surface area contributed by atoms with E-state index in [1.165, 1.54) is 5.01 Å². The summed E-state index contributed by atoms with van der Waals surface area (Å²) in [6.07, 6.45) is 0. The van der Waals surface area contributed by atoms with E-state index in [0.717, 1.165) is 39.4 Å². The normalized spacial score (nSPS) is 15.5. The highest BCUT2D eigenvalue weighted by molar-refractivity contribution is 5.98. The van der Waals surface area contributed by atoms with Gasteiger partial charge in [-0.1, -0.05) is 17.3 Å². The second-order valence-corrected chi connectivity index (χ2v) is 9.00. The predicted octanol–water partition coefficient (Wildman–Crippen LogP) is 4.56. The average Bonchev–Trinajstić information content (AvgIpc) is 2.96. The minimum Gasteiger partial charge on any atom is -0.489 e. The second-order valence-electron chi connectivity index (χ2n) is 9.00. The Balaban J connectivity index is 1.80. The van der Waals surface area contributed by atoms with Crippen molar-refractivity contribution >= 4 is 17.4 Å². The molecule has 8 nitrogen and oxygen atoms in total. The number of carbonyl (C=O) groups excluding carboxylic acids is 1. The number of nitrogens with zero attached hydrogens (tertiary/aromatic N) is 4. The number of hydrogen-bond acceptors (Lipinski definition) is 6. The van der Waals surface area contributed by atoms with Crippen molar-refractivity contribution in [2.45, 2.75) is 53.8 Å². The lowest BCUT2D eigenvalue weighted by atomic mass is 10.1. The molecule has 1 fully saturated rings. The van der Waals surface area contributed by atoms with Crippen LogP contribution in [0.25, 0.3) is 0 Å². The Labute approximate surface area is 190 Å². The van der Waals surface area contributed by atoms with Crippen LogP contribution in [0.3, 0.4) is 0 Å². The van der Waals surface area contributed by atoms with Crippen LogP contribution in [0.4, 0.5) is 10.5 Å². The first kappa shape index (κ1) is 23.6. The number of benzene rings is 2. The molecular weight excluding hydrogens is 406 g/mol. The molecule has 2 aromatic carbocycles. The number of ether oxygens (including phenoxy) is 1. The summed E-state index contributed by atoms with van der Waals surface area (Å²) in [4.78, 5) is 18.1. The molecule has 1 heterocycles. The third-order valence-corrected chi connectivity index (χ3v) is 5.10. The number of urea groups is 1. The van der Waals surface area contributed by atoms with E-state index in [2.05, 4.69) is 10.7 Å². The first-order chi connectivity index (χ1) is 15.0. The Bertz CT molecular complexity index is 1030. The van der Waals surface area contributed by atoms with Crippen molar-refractivity contribution in [1.82, 2.24) is 15.7 Å². The molecule has 0 spiro atoms. The van der Waals surface area contributed by atoms with Gasteiger partial charge in [0.2, 0.25) is 0 Å². The molecule has 0 saturated carbocycles. The Hall–Kier alpha value is -3.10. The summed E-state index contributed by atoms with van der Waals surface area (Å²) < 4.78 is 6.19. The Morgan fingerprint density at radius 2 is 1.81 bits per heavy atom. The number of hydrazine groups is 3. The van der Waals surface area contributed by atoms with E-state index in [-0.39, 0.29) is 11.6 Å². The fourth-order valence-electron chi connectivity index (χ4n) is 3.36. The average molecular weight is 440 g/mol. The van der Waals surface area contributed by atoms with E-state index in [1.54, 1.807) is 24.2 Å². The molecule has 2 amide bonds. The molecule has 1 saturated heterocycles. The van der Waals surface area contributed by atoms with Crippen LogP contribution < -0.4 is 15.3 Å². The number of hydrogen-bond donors (Lipinski definition) is 1. The number of rotatable bonds is 6. The molecule has 0 atom stereocenters. The third kappa shape index (κ3) is 5.20. The quantitative estimate of drug-likeness (QED) is 0.528. The molecular formula is C24H33N5O3. The molecule has 0 aliphatic carbocycles. The maximum Gasteiger partial charge on any atom is 0.355 e. The van der Waals surface area contributed by atoms with Crippen molar-refractivity contribution in [2.75, 3.05) is 19.1 Å². The van der Waals surface area contributed by atoms with Gasteiger partial charge >= 0.3 is 6.03 Å². The van der Waals surface area contributed by atoms with Crippen LogP contribution >= 0.6 is 0 Å². The lowest BCUT2D eigenvalue weighted by molar-refractivity contribution is 0.000953. The molecule has 2 aromatic rings. The Morgan fingerprint density at radius 1 is 1.09 bits per heavy atom. The zero-order valence-corrected chi connectivity index (χ0v) is 20.2. The minimum atomic E-state index is -0.334. The molecule has 0 radical (unpaired) electrons. The van der Waals surface area contributed by atoms with E-state index < -0.39 is 0 Å². The van der Waals surface area contributed by atoms with Crippen LogP contribution in [0.2, 0.25) is 0 Å². The van der Waals surface area contributed by atoms with Crippen molar-refractivity contribution in [3.05, 3.63) is 58.7 Å². The van der Waals surface area contributed by atoms with Gasteiger partial charge < -0.3 is 9.57 Å². The summed E-state index contributed by atoms with van der Waals surface area (Å²) in [5.41, 5.74) is 8.20. The summed E-state index contributed by atoms with van der Waals surface area (Å²) in [6, 6.07) is 11.7. The summed E-state index contributed by atoms with van der Waals surface area (Å²) >= 11 is 0. The van der Waals surface area contributed by atoms with Crippen LogP contribution in [0.15, 0.2) is 41.6 Å². The lowest BCUT2D eigenvalue weighted by Gasteiger charge is -2.24. The van der Waals surface area contributed by atoms with Crippen LogP contribution in [-0.4, -0.2) is 41.6 Å². The smallest absolute Gasteiger partial charge is 0.355 e. The van der Waals surface area contributed by atoms with E-state index >= 15 is 0 Å². The first-order valence-electron chi connectivity index (χ1n) is 10.6. The van der Waals surface area contributed by atoms with Gasteiger partial charge in [0.15, 0.2) is 0 Å². The fraction of sp³-hybridized carbons (Fsp3) is 0.417. The zero-order chi connectivity index (χ0) is 23.6. The van der Waals surface area contributed by atoms with Crippen LogP contribution in [-0.2, 0) is 11.4 Å². The van der Waals surface area contributed by atoms with Crippen molar-refractivity contribution < 1.29 is 14.4 Å². The number of nitrogens with one attached hydrogen (secondary N) is 1. The maximum absolute atomic E-state index is 12.6. The molecule has 1 aliphatic heterocycles. The maximum atomic E-state index is 12.6. The van der Waals surface area contributed by atoms with E-state index in [4.69, 9.17) is 9.57 Å². The SMILES string of the molecule is C/C(=N\OC(C)(C)C)c1ccc(OCc2c(C)cccc2N2C(=O)N(C)NN2C)c(C)c1. The molecule has 8 heteroatoms. The lowest BCUT2D eigenvalue weighted by Crippen LogP contribution is -2.40. The number of aryl methyl sites for hydroxylation is 2. The Kier molecular flexibility index (Phi) is 6.76. The molecule has 0 aromatic heterocycles. The van der Waals surface area contributed by atoms with Gasteiger partial charge in [0.25, 0.3) is 0 Å². The van der Waals surface area contributed by atoms with E-state index in [1.807, 2.05) is 77.9 Å². The molecule has 1 N–H and O–H groups in total. The fourth-order valence-corrected chi connectivity index (χ4v) is 3.36. The molecule has 1 aliphatic rings. The molecule has 172 valence electrons. The van der Waals surface area contributed by atoms with Crippen LogP contribution in [0.1, 0.15) is 49.9 Å². The highest BCUT2D eigenvalue weighted by Gasteiger charge is 2.33. The molecule has 0 unspecified atom stereocenters. The van der Waals surface area contributed by atoms with Gasteiger partial charge in [-0.3, -0.25) is 0 Å². The van der Waals surface area contributed by atoms with Gasteiger partial charge in [0, 0.05) is 19.7 Å². The van der Waals surface area contributed by atoms with Gasteiger partial charge in [0.05, 0.1) is 11.4 Å². The summed E-state index contributed by atoms with van der Waals surface area (Å²) in [5, 5.41) is 8.92. The zero-order valence-electron chi connectivity index (χ0n) is 20.2. The number of amides is 2. The van der Waals surface area contributed by atoms with Crippen molar-refractivity contribution in [3.8, 4) is 5.75 Å². The van der Waals surface area contributed by atoms with Crippen molar-refractivity contribution in [1.29, 1.82) is 0 Å². The topological polar surface area (TPSA) is 69.6 Å². The molecule has 0 bridgehead atoms. The number of carbonyl (C=O) groups is 1. The van der Waals surface area contributed by atoms with Gasteiger partial charge in [-0.25, -0.2) is 14.8 Å². The minimum absolute atomic E-state index is 0.160. The third-order valence-electron chi connectivity index (χ3n) is 5.10. The second kappa shape index (κ2) is 9.18. The summed E-state index contributed by atoms with van der Waals surface area (Å²) in [7, 11) is 3.48. The number of anilines is 1. The van der Waals surface area contributed by atoms with Gasteiger partial charge in [0.1, 0.15) is 18.0 Å².